The van der Waals surface area contributed by atoms with Crippen LogP contribution >= 0.6 is 11.8 Å². The number of benzene rings is 2. The summed E-state index contributed by atoms with van der Waals surface area (Å²) in [5.41, 5.74) is 2.16. The molecule has 0 radical (unpaired) electrons. The molecule has 0 atom stereocenters. The van der Waals surface area contributed by atoms with E-state index < -0.39 is 0 Å². The molecule has 0 bridgehead atoms. The van der Waals surface area contributed by atoms with Gasteiger partial charge >= 0.3 is 0 Å². The van der Waals surface area contributed by atoms with E-state index >= 15 is 0 Å². The zero-order valence-corrected chi connectivity index (χ0v) is 13.3. The summed E-state index contributed by atoms with van der Waals surface area (Å²) in [6, 6.07) is 18.0. The van der Waals surface area contributed by atoms with Crippen molar-refractivity contribution in [3.63, 3.8) is 0 Å². The average Bonchev–Trinajstić information content (AvgIpc) is 2.55. The normalized spacial score (nSPS) is 10.9. The van der Waals surface area contributed by atoms with Crippen molar-refractivity contribution in [3.05, 3.63) is 65.2 Å². The molecular formula is C18H16N2OS. The van der Waals surface area contributed by atoms with Crippen molar-refractivity contribution in [2.24, 2.45) is 0 Å². The topological polar surface area (TPSA) is 52.9 Å². The minimum absolute atomic E-state index is 0.0986. The number of nitrogens with zero attached hydrogens (tertiary/aromatic N) is 1. The fourth-order valence-electron chi connectivity index (χ4n) is 1.82. The number of carbonyl (C=O) groups excluding carboxylic acids is 1. The maximum absolute atomic E-state index is 11.5. The van der Waals surface area contributed by atoms with E-state index in [1.54, 1.807) is 17.8 Å². The first-order chi connectivity index (χ1) is 10.6. The molecule has 0 aromatic heterocycles. The zero-order chi connectivity index (χ0) is 15.9. The van der Waals surface area contributed by atoms with Gasteiger partial charge in [-0.3, -0.25) is 4.79 Å². The highest BCUT2D eigenvalue weighted by molar-refractivity contribution is 7.99. The molecule has 0 saturated heterocycles. The van der Waals surface area contributed by atoms with E-state index in [0.29, 0.717) is 0 Å². The Bertz CT molecular complexity index is 725. The van der Waals surface area contributed by atoms with Gasteiger partial charge in [-0.2, -0.15) is 5.26 Å². The lowest BCUT2D eigenvalue weighted by Gasteiger charge is -2.03. The molecule has 3 nitrogen and oxygen atoms in total. The highest BCUT2D eigenvalue weighted by Gasteiger charge is 2.06. The number of amides is 1. The van der Waals surface area contributed by atoms with Crippen LogP contribution in [0.4, 0.5) is 0 Å². The molecule has 0 heterocycles. The third-order valence-electron chi connectivity index (χ3n) is 3.04. The van der Waals surface area contributed by atoms with E-state index in [1.807, 2.05) is 30.3 Å². The Morgan fingerprint density at radius 1 is 1.09 bits per heavy atom. The molecule has 0 unspecified atom stereocenters. The first-order valence-corrected chi connectivity index (χ1v) is 7.62. The second-order valence-electron chi connectivity index (χ2n) is 4.73. The van der Waals surface area contributed by atoms with Crippen LogP contribution in [0.3, 0.4) is 0 Å². The van der Waals surface area contributed by atoms with Gasteiger partial charge in [-0.15, -0.1) is 0 Å². The molecule has 0 aliphatic carbocycles. The molecule has 0 saturated carbocycles. The number of likely N-dealkylation sites (N-methyl/N-ethyl adjacent to an activating group) is 1. The predicted molar refractivity (Wildman–Crippen MR) is 89.4 cm³/mol. The van der Waals surface area contributed by atoms with E-state index in [0.717, 1.165) is 10.5 Å². The van der Waals surface area contributed by atoms with Crippen LogP contribution in [-0.4, -0.2) is 13.0 Å². The molecule has 0 spiro atoms. The van der Waals surface area contributed by atoms with Gasteiger partial charge in [-0.05, 0) is 42.8 Å². The summed E-state index contributed by atoms with van der Waals surface area (Å²) in [5, 5.41) is 11.4. The Morgan fingerprint density at radius 3 is 2.14 bits per heavy atom. The van der Waals surface area contributed by atoms with E-state index in [-0.39, 0.29) is 11.5 Å². The van der Waals surface area contributed by atoms with Crippen molar-refractivity contribution in [2.75, 3.05) is 7.05 Å². The molecule has 0 aliphatic rings. The zero-order valence-electron chi connectivity index (χ0n) is 12.5. The molecule has 0 aliphatic heterocycles. The second-order valence-corrected chi connectivity index (χ2v) is 5.88. The van der Waals surface area contributed by atoms with E-state index in [4.69, 9.17) is 5.26 Å². The SMILES string of the molecule is CNC(=O)/C(C#N)=C\c1ccc(Sc2ccc(C)cc2)cc1. The highest BCUT2D eigenvalue weighted by Crippen LogP contribution is 2.28. The predicted octanol–water partition coefficient (Wildman–Crippen LogP) is 3.80. The average molecular weight is 308 g/mol. The van der Waals surface area contributed by atoms with Crippen molar-refractivity contribution in [1.29, 1.82) is 5.26 Å². The van der Waals surface area contributed by atoms with Crippen LogP contribution in [-0.2, 0) is 4.79 Å². The Kier molecular flexibility index (Phi) is 5.40. The highest BCUT2D eigenvalue weighted by atomic mass is 32.2. The van der Waals surface area contributed by atoms with E-state index in [1.165, 1.54) is 17.5 Å². The lowest BCUT2D eigenvalue weighted by atomic mass is 10.1. The summed E-state index contributed by atoms with van der Waals surface area (Å²) in [4.78, 5) is 13.8. The third-order valence-corrected chi connectivity index (χ3v) is 4.06. The van der Waals surface area contributed by atoms with Crippen LogP contribution in [0.15, 0.2) is 63.9 Å². The summed E-state index contributed by atoms with van der Waals surface area (Å²) in [6.07, 6.45) is 1.58. The van der Waals surface area contributed by atoms with Crippen LogP contribution in [0.2, 0.25) is 0 Å². The van der Waals surface area contributed by atoms with Gasteiger partial charge in [0.2, 0.25) is 0 Å². The van der Waals surface area contributed by atoms with Crippen molar-refractivity contribution >= 4 is 23.7 Å². The summed E-state index contributed by atoms with van der Waals surface area (Å²) in [6.45, 7) is 2.06. The number of nitrogens with one attached hydrogen (secondary N) is 1. The molecule has 2 aromatic rings. The van der Waals surface area contributed by atoms with Crippen LogP contribution in [0.25, 0.3) is 6.08 Å². The molecule has 110 valence electrons. The number of hydrogen-bond donors (Lipinski definition) is 1. The molecular weight excluding hydrogens is 292 g/mol. The number of rotatable bonds is 4. The summed E-state index contributed by atoms with van der Waals surface area (Å²) in [5.74, 6) is -0.374. The van der Waals surface area contributed by atoms with E-state index in [9.17, 15) is 4.79 Å². The smallest absolute Gasteiger partial charge is 0.261 e. The first kappa shape index (κ1) is 15.9. The van der Waals surface area contributed by atoms with Gasteiger partial charge in [-0.25, -0.2) is 0 Å². The fourth-order valence-corrected chi connectivity index (χ4v) is 2.64. The van der Waals surface area contributed by atoms with E-state index in [2.05, 4.69) is 36.5 Å². The lowest BCUT2D eigenvalue weighted by Crippen LogP contribution is -2.19. The second kappa shape index (κ2) is 7.48. The minimum Gasteiger partial charge on any atom is -0.354 e. The van der Waals surface area contributed by atoms with Crippen LogP contribution < -0.4 is 5.32 Å². The summed E-state index contributed by atoms with van der Waals surface area (Å²) in [7, 11) is 1.51. The van der Waals surface area contributed by atoms with Crippen LogP contribution in [0.5, 0.6) is 0 Å². The molecule has 4 heteroatoms. The maximum atomic E-state index is 11.5. The van der Waals surface area contributed by atoms with Crippen LogP contribution in [0.1, 0.15) is 11.1 Å². The Labute approximate surface area is 134 Å². The summed E-state index contributed by atoms with van der Waals surface area (Å²) >= 11 is 1.68. The van der Waals surface area contributed by atoms with Gasteiger partial charge in [0.15, 0.2) is 0 Å². The number of aryl methyl sites for hydroxylation is 1. The first-order valence-electron chi connectivity index (χ1n) is 6.81. The van der Waals surface area contributed by atoms with Gasteiger partial charge < -0.3 is 5.32 Å². The van der Waals surface area contributed by atoms with Crippen molar-refractivity contribution < 1.29 is 4.79 Å². The molecule has 1 amide bonds. The van der Waals surface area contributed by atoms with Gasteiger partial charge in [-0.1, -0.05) is 41.6 Å². The number of nitriles is 1. The maximum Gasteiger partial charge on any atom is 0.261 e. The Hall–Kier alpha value is -2.51. The quantitative estimate of drug-likeness (QED) is 0.690. The molecule has 0 fully saturated rings. The fraction of sp³-hybridized carbons (Fsp3) is 0.111. The molecule has 1 N–H and O–H groups in total. The molecule has 2 rings (SSSR count). The summed E-state index contributed by atoms with van der Waals surface area (Å²) < 4.78 is 0. The number of carbonyl (C=O) groups is 1. The standard InChI is InChI=1S/C18H16N2OS/c1-13-3-7-16(8-4-13)22-17-9-5-14(6-10-17)11-15(12-19)18(21)20-2/h3-11H,1-2H3,(H,20,21)/b15-11-. The van der Waals surface area contributed by atoms with Gasteiger partial charge in [0, 0.05) is 16.8 Å². The van der Waals surface area contributed by atoms with Gasteiger partial charge in [0.25, 0.3) is 5.91 Å². The van der Waals surface area contributed by atoms with Crippen molar-refractivity contribution in [3.8, 4) is 6.07 Å². The molecule has 22 heavy (non-hydrogen) atoms. The monoisotopic (exact) mass is 308 g/mol. The Balaban J connectivity index is 2.13. The minimum atomic E-state index is -0.374. The third kappa shape index (κ3) is 4.24. The van der Waals surface area contributed by atoms with Gasteiger partial charge in [0.05, 0.1) is 0 Å². The van der Waals surface area contributed by atoms with Crippen molar-refractivity contribution in [1.82, 2.24) is 5.32 Å². The number of hydrogen-bond acceptors (Lipinski definition) is 3. The Morgan fingerprint density at radius 2 is 1.64 bits per heavy atom. The van der Waals surface area contributed by atoms with Crippen LogP contribution in [0, 0.1) is 18.3 Å². The lowest BCUT2D eigenvalue weighted by molar-refractivity contribution is -0.116. The largest absolute Gasteiger partial charge is 0.354 e. The van der Waals surface area contributed by atoms with Crippen molar-refractivity contribution in [2.45, 2.75) is 16.7 Å². The molecule has 2 aromatic carbocycles. The van der Waals surface area contributed by atoms with Gasteiger partial charge in [0.1, 0.15) is 11.6 Å².